The summed E-state index contributed by atoms with van der Waals surface area (Å²) in [5.41, 5.74) is 7.69. The summed E-state index contributed by atoms with van der Waals surface area (Å²) in [5, 5.41) is 19.1. The van der Waals surface area contributed by atoms with E-state index in [0.717, 1.165) is 15.7 Å². The summed E-state index contributed by atoms with van der Waals surface area (Å²) in [7, 11) is 0. The Labute approximate surface area is 103 Å². The molecule has 16 heavy (non-hydrogen) atoms. The zero-order valence-corrected chi connectivity index (χ0v) is 10.4. The van der Waals surface area contributed by atoms with Crippen LogP contribution in [0.3, 0.4) is 0 Å². The maximum absolute atomic E-state index is 9.53. The number of nitrogens with two attached hydrogens (primary N) is 1. The van der Waals surface area contributed by atoms with Gasteiger partial charge in [0.2, 0.25) is 0 Å². The van der Waals surface area contributed by atoms with E-state index in [1.807, 2.05) is 23.1 Å². The fourth-order valence-electron chi connectivity index (χ4n) is 2.01. The minimum absolute atomic E-state index is 0.430. The maximum Gasteiger partial charge on any atom is 0.0990 e. The van der Waals surface area contributed by atoms with Crippen molar-refractivity contribution >= 4 is 21.6 Å². The van der Waals surface area contributed by atoms with Gasteiger partial charge in [-0.15, -0.1) is 0 Å². The first-order valence-electron chi connectivity index (χ1n) is 5.22. The second-order valence-electron chi connectivity index (χ2n) is 3.98. The Kier molecular flexibility index (Phi) is 3.49. The predicted octanol–water partition coefficient (Wildman–Crippen LogP) is 0.450. The first-order chi connectivity index (χ1) is 7.63. The Bertz CT molecular complexity index is 376. The summed E-state index contributed by atoms with van der Waals surface area (Å²) in [4.78, 5) is 1.96. The summed E-state index contributed by atoms with van der Waals surface area (Å²) in [6.45, 7) is 1.33. The van der Waals surface area contributed by atoms with E-state index in [0.29, 0.717) is 19.6 Å². The van der Waals surface area contributed by atoms with Crippen LogP contribution in [0.2, 0.25) is 0 Å². The van der Waals surface area contributed by atoms with E-state index in [1.165, 1.54) is 0 Å². The van der Waals surface area contributed by atoms with Gasteiger partial charge in [0, 0.05) is 35.4 Å². The van der Waals surface area contributed by atoms with Gasteiger partial charge in [0.25, 0.3) is 0 Å². The number of halogens is 1. The molecular weight excluding hydrogens is 272 g/mol. The highest BCUT2D eigenvalue weighted by molar-refractivity contribution is 9.10. The van der Waals surface area contributed by atoms with Gasteiger partial charge in [-0.05, 0) is 12.1 Å². The molecule has 1 heterocycles. The molecule has 88 valence electrons. The molecule has 0 saturated carbocycles. The number of β-amino-alcohol motifs (C(OH)–C–C–N with tert-alkyl or cyclic N) is 2. The van der Waals surface area contributed by atoms with Crippen LogP contribution in [-0.2, 0) is 6.54 Å². The third-order valence-electron chi connectivity index (χ3n) is 2.90. The van der Waals surface area contributed by atoms with Gasteiger partial charge in [-0.2, -0.15) is 0 Å². The van der Waals surface area contributed by atoms with Gasteiger partial charge in [-0.1, -0.05) is 22.0 Å². The van der Waals surface area contributed by atoms with E-state index in [2.05, 4.69) is 15.9 Å². The Morgan fingerprint density at radius 1 is 1.31 bits per heavy atom. The van der Waals surface area contributed by atoms with Crippen LogP contribution in [0.25, 0.3) is 0 Å². The predicted molar refractivity (Wildman–Crippen MR) is 66.3 cm³/mol. The molecule has 5 heteroatoms. The van der Waals surface area contributed by atoms with Gasteiger partial charge < -0.3 is 20.8 Å². The van der Waals surface area contributed by atoms with Gasteiger partial charge in [0.1, 0.15) is 0 Å². The van der Waals surface area contributed by atoms with Gasteiger partial charge in [-0.25, -0.2) is 0 Å². The van der Waals surface area contributed by atoms with Crippen LogP contribution in [0.4, 0.5) is 5.69 Å². The highest BCUT2D eigenvalue weighted by Crippen LogP contribution is 2.29. The summed E-state index contributed by atoms with van der Waals surface area (Å²) in [6, 6.07) is 5.82. The van der Waals surface area contributed by atoms with Crippen LogP contribution in [0.1, 0.15) is 5.56 Å². The van der Waals surface area contributed by atoms with E-state index in [1.54, 1.807) is 0 Å². The SMILES string of the molecule is NCc1c(Br)cccc1N1CC(O)C(O)C1. The molecule has 1 fully saturated rings. The van der Waals surface area contributed by atoms with Crippen LogP contribution in [0.15, 0.2) is 22.7 Å². The van der Waals surface area contributed by atoms with Crippen molar-refractivity contribution < 1.29 is 10.2 Å². The summed E-state index contributed by atoms with van der Waals surface area (Å²) < 4.78 is 0.961. The minimum Gasteiger partial charge on any atom is -0.389 e. The quantitative estimate of drug-likeness (QED) is 0.738. The van der Waals surface area contributed by atoms with Crippen molar-refractivity contribution in [2.24, 2.45) is 5.73 Å². The van der Waals surface area contributed by atoms with Crippen molar-refractivity contribution in [3.8, 4) is 0 Å². The van der Waals surface area contributed by atoms with Crippen molar-refractivity contribution in [1.82, 2.24) is 0 Å². The third-order valence-corrected chi connectivity index (χ3v) is 3.64. The van der Waals surface area contributed by atoms with Crippen LogP contribution in [-0.4, -0.2) is 35.5 Å². The Morgan fingerprint density at radius 2 is 1.94 bits per heavy atom. The van der Waals surface area contributed by atoms with E-state index in [9.17, 15) is 10.2 Å². The van der Waals surface area contributed by atoms with Gasteiger partial charge in [0.15, 0.2) is 0 Å². The lowest BCUT2D eigenvalue weighted by molar-refractivity contribution is 0.0572. The van der Waals surface area contributed by atoms with Crippen molar-refractivity contribution in [3.63, 3.8) is 0 Å². The van der Waals surface area contributed by atoms with Crippen LogP contribution in [0, 0.1) is 0 Å². The van der Waals surface area contributed by atoms with Crippen molar-refractivity contribution in [3.05, 3.63) is 28.2 Å². The van der Waals surface area contributed by atoms with Crippen molar-refractivity contribution in [1.29, 1.82) is 0 Å². The van der Waals surface area contributed by atoms with Gasteiger partial charge in [-0.3, -0.25) is 0 Å². The van der Waals surface area contributed by atoms with E-state index < -0.39 is 12.2 Å². The Hall–Kier alpha value is -0.620. The molecule has 0 bridgehead atoms. The molecule has 1 saturated heterocycles. The monoisotopic (exact) mass is 286 g/mol. The Balaban J connectivity index is 2.31. The molecule has 0 amide bonds. The number of aliphatic hydroxyl groups excluding tert-OH is 2. The van der Waals surface area contributed by atoms with Gasteiger partial charge in [0.05, 0.1) is 12.2 Å². The number of rotatable bonds is 2. The lowest BCUT2D eigenvalue weighted by Gasteiger charge is -2.21. The standard InChI is InChI=1S/C11H15BrN2O2/c12-8-2-1-3-9(7(8)4-13)14-5-10(15)11(16)6-14/h1-3,10-11,15-16H,4-6,13H2. The molecule has 0 spiro atoms. The van der Waals surface area contributed by atoms with E-state index in [4.69, 9.17) is 5.73 Å². The lowest BCUT2D eigenvalue weighted by Crippen LogP contribution is -2.23. The normalized spacial score (nSPS) is 25.1. The molecule has 2 atom stereocenters. The highest BCUT2D eigenvalue weighted by atomic mass is 79.9. The molecule has 2 unspecified atom stereocenters. The lowest BCUT2D eigenvalue weighted by atomic mass is 10.1. The number of nitrogens with zero attached hydrogens (tertiary/aromatic N) is 1. The number of aliphatic hydroxyl groups is 2. The first-order valence-corrected chi connectivity index (χ1v) is 6.01. The fourth-order valence-corrected chi connectivity index (χ4v) is 2.53. The third kappa shape index (κ3) is 2.08. The molecule has 4 nitrogen and oxygen atoms in total. The average molecular weight is 287 g/mol. The number of benzene rings is 1. The molecule has 1 aliphatic rings. The molecule has 0 aliphatic carbocycles. The smallest absolute Gasteiger partial charge is 0.0990 e. The second kappa shape index (κ2) is 4.71. The largest absolute Gasteiger partial charge is 0.389 e. The van der Waals surface area contributed by atoms with E-state index in [-0.39, 0.29) is 0 Å². The van der Waals surface area contributed by atoms with Crippen molar-refractivity contribution in [2.75, 3.05) is 18.0 Å². The number of hydrogen-bond donors (Lipinski definition) is 3. The Morgan fingerprint density at radius 3 is 2.50 bits per heavy atom. The zero-order valence-electron chi connectivity index (χ0n) is 8.81. The maximum atomic E-state index is 9.53. The van der Waals surface area contributed by atoms with E-state index >= 15 is 0 Å². The molecule has 0 radical (unpaired) electrons. The number of hydrogen-bond acceptors (Lipinski definition) is 4. The minimum atomic E-state index is -0.676. The molecule has 1 aromatic carbocycles. The molecule has 0 aromatic heterocycles. The second-order valence-corrected chi connectivity index (χ2v) is 4.84. The highest BCUT2D eigenvalue weighted by Gasteiger charge is 2.30. The average Bonchev–Trinajstić information content (AvgIpc) is 2.59. The fraction of sp³-hybridized carbons (Fsp3) is 0.455. The molecule has 1 aliphatic heterocycles. The summed E-state index contributed by atoms with van der Waals surface area (Å²) in [5.74, 6) is 0. The summed E-state index contributed by atoms with van der Waals surface area (Å²) >= 11 is 3.45. The molecule has 2 rings (SSSR count). The van der Waals surface area contributed by atoms with Crippen molar-refractivity contribution in [2.45, 2.75) is 18.8 Å². The zero-order chi connectivity index (χ0) is 11.7. The molecular formula is C11H15BrN2O2. The first kappa shape index (κ1) is 11.9. The van der Waals surface area contributed by atoms with Crippen LogP contribution in [0.5, 0.6) is 0 Å². The van der Waals surface area contributed by atoms with Crippen LogP contribution >= 0.6 is 15.9 Å². The topological polar surface area (TPSA) is 69.7 Å². The summed E-state index contributed by atoms with van der Waals surface area (Å²) in [6.07, 6.45) is -1.35. The molecule has 1 aromatic rings. The van der Waals surface area contributed by atoms with Gasteiger partial charge >= 0.3 is 0 Å². The molecule has 4 N–H and O–H groups in total. The number of anilines is 1. The van der Waals surface area contributed by atoms with Crippen LogP contribution < -0.4 is 10.6 Å².